The van der Waals surface area contributed by atoms with Crippen LogP contribution in [0.25, 0.3) is 0 Å². The number of rotatable bonds is 6. The highest BCUT2D eigenvalue weighted by Gasteiger charge is 2.21. The van der Waals surface area contributed by atoms with Gasteiger partial charge in [0.25, 0.3) is 5.69 Å². The zero-order valence-electron chi connectivity index (χ0n) is 15.1. The molecule has 1 aliphatic rings. The van der Waals surface area contributed by atoms with Crippen molar-refractivity contribution in [3.63, 3.8) is 0 Å². The van der Waals surface area contributed by atoms with Gasteiger partial charge >= 0.3 is 0 Å². The second-order valence-corrected chi connectivity index (χ2v) is 6.29. The molecule has 0 bridgehead atoms. The van der Waals surface area contributed by atoms with Crippen LogP contribution in [0, 0.1) is 10.1 Å². The molecule has 1 saturated heterocycles. The Kier molecular flexibility index (Phi) is 5.87. The first kappa shape index (κ1) is 18.7. The number of nitrogens with one attached hydrogen (secondary N) is 1. The summed E-state index contributed by atoms with van der Waals surface area (Å²) in [5.74, 6) is 0.663. The number of carbonyl (C=O) groups excluding carboxylic acids is 1. The zero-order valence-corrected chi connectivity index (χ0v) is 15.1. The number of piperazine rings is 1. The van der Waals surface area contributed by atoms with Crippen LogP contribution in [-0.4, -0.2) is 55.6 Å². The first-order chi connectivity index (χ1) is 13.1. The van der Waals surface area contributed by atoms with Crippen molar-refractivity contribution in [2.45, 2.75) is 0 Å². The van der Waals surface area contributed by atoms with Gasteiger partial charge in [0.15, 0.2) is 0 Å². The van der Waals surface area contributed by atoms with Crippen molar-refractivity contribution in [3.8, 4) is 5.75 Å². The van der Waals surface area contributed by atoms with Crippen molar-refractivity contribution in [1.82, 2.24) is 4.90 Å². The molecule has 1 amide bonds. The summed E-state index contributed by atoms with van der Waals surface area (Å²) in [6.07, 6.45) is 0. The molecule has 1 fully saturated rings. The van der Waals surface area contributed by atoms with E-state index in [0.29, 0.717) is 5.69 Å². The summed E-state index contributed by atoms with van der Waals surface area (Å²) in [5.41, 5.74) is 1.45. The van der Waals surface area contributed by atoms with E-state index in [9.17, 15) is 14.9 Å². The summed E-state index contributed by atoms with van der Waals surface area (Å²) < 4.78 is 5.42. The van der Waals surface area contributed by atoms with E-state index in [1.165, 1.54) is 12.1 Å². The maximum Gasteiger partial charge on any atom is 0.271 e. The summed E-state index contributed by atoms with van der Waals surface area (Å²) in [4.78, 5) is 26.9. The molecule has 0 unspecified atom stereocenters. The van der Waals surface area contributed by atoms with E-state index >= 15 is 0 Å². The number of anilines is 2. The van der Waals surface area contributed by atoms with Gasteiger partial charge in [-0.05, 0) is 18.2 Å². The summed E-state index contributed by atoms with van der Waals surface area (Å²) in [6.45, 7) is 3.35. The average Bonchev–Trinajstić information content (AvgIpc) is 2.68. The lowest BCUT2D eigenvalue weighted by Crippen LogP contribution is -2.48. The number of ether oxygens (including phenoxy) is 1. The molecule has 0 aliphatic carbocycles. The number of amides is 1. The Balaban J connectivity index is 1.52. The van der Waals surface area contributed by atoms with E-state index in [0.717, 1.165) is 37.6 Å². The molecule has 1 heterocycles. The third-order valence-corrected chi connectivity index (χ3v) is 4.51. The van der Waals surface area contributed by atoms with E-state index in [-0.39, 0.29) is 18.1 Å². The summed E-state index contributed by atoms with van der Waals surface area (Å²) in [7, 11) is 1.66. The van der Waals surface area contributed by atoms with Crippen LogP contribution in [0.5, 0.6) is 5.75 Å². The predicted octanol–water partition coefficient (Wildman–Crippen LogP) is 2.36. The summed E-state index contributed by atoms with van der Waals surface area (Å²) in [6, 6.07) is 13.8. The molecule has 3 rings (SSSR count). The normalized spacial score (nSPS) is 14.6. The molecule has 27 heavy (non-hydrogen) atoms. The topological polar surface area (TPSA) is 88.0 Å². The van der Waals surface area contributed by atoms with Crippen LogP contribution < -0.4 is 15.0 Å². The second-order valence-electron chi connectivity index (χ2n) is 6.29. The number of para-hydroxylation sites is 2. The van der Waals surface area contributed by atoms with Gasteiger partial charge < -0.3 is 15.0 Å². The number of nitrogens with zero attached hydrogens (tertiary/aromatic N) is 3. The van der Waals surface area contributed by atoms with E-state index in [1.54, 1.807) is 19.2 Å². The summed E-state index contributed by atoms with van der Waals surface area (Å²) in [5, 5.41) is 13.5. The minimum atomic E-state index is -0.479. The smallest absolute Gasteiger partial charge is 0.271 e. The van der Waals surface area contributed by atoms with Crippen molar-refractivity contribution >= 4 is 23.0 Å². The minimum absolute atomic E-state index is 0.0433. The van der Waals surface area contributed by atoms with Crippen LogP contribution in [0.4, 0.5) is 17.1 Å². The largest absolute Gasteiger partial charge is 0.495 e. The second kappa shape index (κ2) is 8.50. The number of methoxy groups -OCH3 is 1. The highest BCUT2D eigenvalue weighted by Crippen LogP contribution is 2.28. The van der Waals surface area contributed by atoms with E-state index in [1.807, 2.05) is 24.3 Å². The molecule has 0 saturated carbocycles. The molecule has 142 valence electrons. The third-order valence-electron chi connectivity index (χ3n) is 4.51. The first-order valence-electron chi connectivity index (χ1n) is 8.71. The molecular formula is C19H22N4O4. The van der Waals surface area contributed by atoms with Gasteiger partial charge in [-0.25, -0.2) is 0 Å². The van der Waals surface area contributed by atoms with Crippen LogP contribution in [0.2, 0.25) is 0 Å². The zero-order chi connectivity index (χ0) is 19.2. The average molecular weight is 370 g/mol. The fourth-order valence-electron chi connectivity index (χ4n) is 3.14. The molecule has 0 radical (unpaired) electrons. The maximum absolute atomic E-state index is 12.3. The summed E-state index contributed by atoms with van der Waals surface area (Å²) >= 11 is 0. The lowest BCUT2D eigenvalue weighted by Gasteiger charge is -2.36. The Morgan fingerprint density at radius 2 is 1.89 bits per heavy atom. The number of non-ortho nitro benzene ring substituents is 1. The van der Waals surface area contributed by atoms with Crippen LogP contribution in [0.1, 0.15) is 0 Å². The molecule has 8 heteroatoms. The number of carbonyl (C=O) groups is 1. The molecule has 8 nitrogen and oxygen atoms in total. The minimum Gasteiger partial charge on any atom is -0.495 e. The van der Waals surface area contributed by atoms with Crippen molar-refractivity contribution in [1.29, 1.82) is 0 Å². The Labute approximate surface area is 157 Å². The molecule has 0 aromatic heterocycles. The lowest BCUT2D eigenvalue weighted by molar-refractivity contribution is -0.384. The van der Waals surface area contributed by atoms with Crippen molar-refractivity contribution in [2.24, 2.45) is 0 Å². The highest BCUT2D eigenvalue weighted by atomic mass is 16.6. The molecule has 1 N–H and O–H groups in total. The standard InChI is InChI=1S/C19H22N4O4/c1-27-18-8-3-2-7-17(18)22-11-9-21(10-12-22)14-19(24)20-15-5-4-6-16(13-15)23(25)26/h2-8,13H,9-12,14H2,1H3,(H,20,24). The fraction of sp³-hybridized carbons (Fsp3) is 0.316. The Morgan fingerprint density at radius 3 is 2.59 bits per heavy atom. The molecule has 2 aromatic carbocycles. The monoisotopic (exact) mass is 370 g/mol. The fourth-order valence-corrected chi connectivity index (χ4v) is 3.14. The molecule has 2 aromatic rings. The number of nitro benzene ring substituents is 1. The number of hydrogen-bond donors (Lipinski definition) is 1. The van der Waals surface area contributed by atoms with Gasteiger partial charge in [-0.2, -0.15) is 0 Å². The van der Waals surface area contributed by atoms with Gasteiger partial charge in [0.2, 0.25) is 5.91 Å². The predicted molar refractivity (Wildman–Crippen MR) is 103 cm³/mol. The van der Waals surface area contributed by atoms with E-state index in [4.69, 9.17) is 4.74 Å². The quantitative estimate of drug-likeness (QED) is 0.620. The lowest BCUT2D eigenvalue weighted by atomic mass is 10.2. The van der Waals surface area contributed by atoms with E-state index < -0.39 is 4.92 Å². The number of hydrogen-bond acceptors (Lipinski definition) is 6. The SMILES string of the molecule is COc1ccccc1N1CCN(CC(=O)Nc2cccc([N+](=O)[O-])c2)CC1. The molecule has 1 aliphatic heterocycles. The van der Waals surface area contributed by atoms with Crippen molar-refractivity contribution in [2.75, 3.05) is 50.1 Å². The Bertz CT molecular complexity index is 819. The van der Waals surface area contributed by atoms with Gasteiger partial charge in [0.05, 0.1) is 24.3 Å². The van der Waals surface area contributed by atoms with Gasteiger partial charge in [-0.3, -0.25) is 19.8 Å². The Hall–Kier alpha value is -3.13. The first-order valence-corrected chi connectivity index (χ1v) is 8.71. The molecule has 0 spiro atoms. The van der Waals surface area contributed by atoms with Crippen LogP contribution in [0.15, 0.2) is 48.5 Å². The number of nitro groups is 1. The van der Waals surface area contributed by atoms with Crippen LogP contribution in [0.3, 0.4) is 0 Å². The van der Waals surface area contributed by atoms with Crippen molar-refractivity contribution < 1.29 is 14.5 Å². The molecular weight excluding hydrogens is 348 g/mol. The maximum atomic E-state index is 12.3. The third kappa shape index (κ3) is 4.73. The molecule has 0 atom stereocenters. The highest BCUT2D eigenvalue weighted by molar-refractivity contribution is 5.92. The van der Waals surface area contributed by atoms with Crippen LogP contribution >= 0.6 is 0 Å². The van der Waals surface area contributed by atoms with Crippen molar-refractivity contribution in [3.05, 3.63) is 58.6 Å². The Morgan fingerprint density at radius 1 is 1.15 bits per heavy atom. The van der Waals surface area contributed by atoms with Crippen LogP contribution in [-0.2, 0) is 4.79 Å². The van der Waals surface area contributed by atoms with Gasteiger partial charge in [-0.15, -0.1) is 0 Å². The number of benzene rings is 2. The van der Waals surface area contributed by atoms with Gasteiger partial charge in [0, 0.05) is 44.0 Å². The van der Waals surface area contributed by atoms with Gasteiger partial charge in [-0.1, -0.05) is 18.2 Å². The van der Waals surface area contributed by atoms with E-state index in [2.05, 4.69) is 15.1 Å². The van der Waals surface area contributed by atoms with Gasteiger partial charge in [0.1, 0.15) is 5.75 Å².